The molecule has 0 aromatic heterocycles. The number of carbonyl (C=O) groups excluding carboxylic acids is 2. The van der Waals surface area contributed by atoms with E-state index in [0.29, 0.717) is 12.8 Å². The molecule has 0 unspecified atom stereocenters. The Bertz CT molecular complexity index is 423. The summed E-state index contributed by atoms with van der Waals surface area (Å²) in [6, 6.07) is 7.85. The van der Waals surface area contributed by atoms with E-state index in [1.807, 2.05) is 36.6 Å². The van der Waals surface area contributed by atoms with Crippen LogP contribution in [0.5, 0.6) is 0 Å². The van der Waals surface area contributed by atoms with Gasteiger partial charge in [0.05, 0.1) is 12.1 Å². The first-order valence-corrected chi connectivity index (χ1v) is 7.57. The lowest BCUT2D eigenvalue weighted by Crippen LogP contribution is -2.45. The number of nitrogens with two attached hydrogens (primary N) is 2. The van der Waals surface area contributed by atoms with Gasteiger partial charge in [-0.2, -0.15) is 11.8 Å². The van der Waals surface area contributed by atoms with Gasteiger partial charge in [-0.1, -0.05) is 30.3 Å². The van der Waals surface area contributed by atoms with Crippen molar-refractivity contribution in [1.82, 2.24) is 0 Å². The minimum atomic E-state index is -0.810. The smallest absolute Gasteiger partial charge is 0.216 e. The van der Waals surface area contributed by atoms with Crippen LogP contribution in [0.15, 0.2) is 30.3 Å². The van der Waals surface area contributed by atoms with Crippen molar-refractivity contribution >= 4 is 23.3 Å². The van der Waals surface area contributed by atoms with Crippen LogP contribution >= 0.6 is 11.8 Å². The lowest BCUT2D eigenvalue weighted by atomic mass is 9.97. The molecule has 0 fully saturated rings. The van der Waals surface area contributed by atoms with Gasteiger partial charge in [0, 0.05) is 0 Å². The van der Waals surface area contributed by atoms with E-state index in [1.165, 1.54) is 0 Å². The van der Waals surface area contributed by atoms with Crippen LogP contribution in [0.4, 0.5) is 0 Å². The maximum atomic E-state index is 11.9. The maximum Gasteiger partial charge on any atom is 0.216 e. The highest BCUT2D eigenvalue weighted by molar-refractivity contribution is 7.98. The van der Waals surface area contributed by atoms with Gasteiger partial charge in [-0.3, -0.25) is 9.59 Å². The predicted octanol–water partition coefficient (Wildman–Crippen LogP) is 0.775. The van der Waals surface area contributed by atoms with Crippen LogP contribution in [0.1, 0.15) is 12.0 Å². The Morgan fingerprint density at radius 3 is 2.26 bits per heavy atom. The number of hydrogen-bond donors (Lipinski definition) is 2. The lowest BCUT2D eigenvalue weighted by molar-refractivity contribution is -0.138. The monoisotopic (exact) mass is 280 g/mol. The molecule has 0 spiro atoms. The number of Topliss-reactive ketones (excluding diaryl/α,β-unsaturated/α-hetero) is 2. The average molecular weight is 280 g/mol. The van der Waals surface area contributed by atoms with Crippen LogP contribution in [0, 0.1) is 0 Å². The van der Waals surface area contributed by atoms with Gasteiger partial charge in [0.1, 0.15) is 0 Å². The van der Waals surface area contributed by atoms with Crippen LogP contribution in [0.2, 0.25) is 0 Å². The zero-order valence-electron chi connectivity index (χ0n) is 11.0. The molecule has 4 N–H and O–H groups in total. The van der Waals surface area contributed by atoms with Crippen molar-refractivity contribution in [2.75, 3.05) is 12.0 Å². The topological polar surface area (TPSA) is 86.2 Å². The Kier molecular flexibility index (Phi) is 6.77. The van der Waals surface area contributed by atoms with E-state index in [2.05, 4.69) is 0 Å². The van der Waals surface area contributed by atoms with Crippen LogP contribution < -0.4 is 11.5 Å². The minimum Gasteiger partial charge on any atom is -0.321 e. The first-order valence-electron chi connectivity index (χ1n) is 6.18. The standard InChI is InChI=1S/C14H20N2O2S/c1-19-8-7-11(15)13(17)14(18)12(16)9-10-5-3-2-4-6-10/h2-6,11-12H,7-9,15-16H2,1H3/t11-,12-/m0/s1. The summed E-state index contributed by atoms with van der Waals surface area (Å²) in [4.78, 5) is 23.7. The Hall–Kier alpha value is -1.17. The molecule has 0 aliphatic carbocycles. The molecule has 1 aromatic rings. The fraction of sp³-hybridized carbons (Fsp3) is 0.429. The number of carbonyl (C=O) groups is 2. The summed E-state index contributed by atoms with van der Waals surface area (Å²) >= 11 is 1.60. The molecule has 1 rings (SSSR count). The molecule has 19 heavy (non-hydrogen) atoms. The van der Waals surface area contributed by atoms with Crippen LogP contribution in [0.3, 0.4) is 0 Å². The summed E-state index contributed by atoms with van der Waals surface area (Å²) in [6.07, 6.45) is 2.80. The third kappa shape index (κ3) is 5.14. The molecular formula is C14H20N2O2S. The average Bonchev–Trinajstić information content (AvgIpc) is 2.44. The molecular weight excluding hydrogens is 260 g/mol. The normalized spacial score (nSPS) is 13.8. The van der Waals surface area contributed by atoms with E-state index in [4.69, 9.17) is 11.5 Å². The van der Waals surface area contributed by atoms with Crippen molar-refractivity contribution < 1.29 is 9.59 Å². The third-order valence-corrected chi connectivity index (χ3v) is 3.49. The molecule has 4 nitrogen and oxygen atoms in total. The quantitative estimate of drug-likeness (QED) is 0.687. The summed E-state index contributed by atoms with van der Waals surface area (Å²) in [6.45, 7) is 0. The van der Waals surface area contributed by atoms with E-state index < -0.39 is 23.7 Å². The maximum absolute atomic E-state index is 11.9. The van der Waals surface area contributed by atoms with E-state index in [9.17, 15) is 9.59 Å². The van der Waals surface area contributed by atoms with E-state index in [0.717, 1.165) is 11.3 Å². The van der Waals surface area contributed by atoms with Crippen LogP contribution in [-0.4, -0.2) is 35.7 Å². The van der Waals surface area contributed by atoms with Crippen LogP contribution in [0.25, 0.3) is 0 Å². The lowest BCUT2D eigenvalue weighted by Gasteiger charge is -2.13. The van der Waals surface area contributed by atoms with Crippen molar-refractivity contribution in [3.63, 3.8) is 0 Å². The zero-order valence-corrected chi connectivity index (χ0v) is 11.9. The summed E-state index contributed by atoms with van der Waals surface area (Å²) in [5, 5.41) is 0. The van der Waals surface area contributed by atoms with Gasteiger partial charge in [-0.15, -0.1) is 0 Å². The second-order valence-corrected chi connectivity index (χ2v) is 5.40. The molecule has 5 heteroatoms. The van der Waals surface area contributed by atoms with E-state index >= 15 is 0 Å². The minimum absolute atomic E-state index is 0.362. The van der Waals surface area contributed by atoms with Crippen molar-refractivity contribution in [3.05, 3.63) is 35.9 Å². The van der Waals surface area contributed by atoms with Crippen molar-refractivity contribution in [1.29, 1.82) is 0 Å². The number of rotatable bonds is 8. The predicted molar refractivity (Wildman–Crippen MR) is 79.1 cm³/mol. The van der Waals surface area contributed by atoms with Gasteiger partial charge >= 0.3 is 0 Å². The van der Waals surface area contributed by atoms with Crippen molar-refractivity contribution in [3.8, 4) is 0 Å². The second kappa shape index (κ2) is 8.09. The van der Waals surface area contributed by atoms with Gasteiger partial charge in [0.2, 0.25) is 11.6 Å². The summed E-state index contributed by atoms with van der Waals surface area (Å²) < 4.78 is 0. The number of hydrogen-bond acceptors (Lipinski definition) is 5. The van der Waals surface area contributed by atoms with Gasteiger partial charge in [-0.25, -0.2) is 0 Å². The Balaban J connectivity index is 2.54. The molecule has 104 valence electrons. The molecule has 2 atom stereocenters. The molecule has 1 aromatic carbocycles. The fourth-order valence-electron chi connectivity index (χ4n) is 1.70. The molecule has 0 aliphatic rings. The first-order chi connectivity index (χ1) is 9.06. The molecule has 0 saturated carbocycles. The summed E-state index contributed by atoms with van der Waals surface area (Å²) in [7, 11) is 0. The highest BCUT2D eigenvalue weighted by Gasteiger charge is 2.26. The molecule has 0 radical (unpaired) electrons. The van der Waals surface area contributed by atoms with Crippen molar-refractivity contribution in [2.24, 2.45) is 11.5 Å². The van der Waals surface area contributed by atoms with Gasteiger partial charge in [0.25, 0.3) is 0 Å². The molecule has 0 amide bonds. The SMILES string of the molecule is CSCC[C@H](N)C(=O)C(=O)[C@@H](N)Cc1ccccc1. The van der Waals surface area contributed by atoms with Crippen molar-refractivity contribution in [2.45, 2.75) is 24.9 Å². The summed E-state index contributed by atoms with van der Waals surface area (Å²) in [5.41, 5.74) is 12.4. The number of ketones is 2. The Labute approximate surface area is 117 Å². The Morgan fingerprint density at radius 1 is 1.11 bits per heavy atom. The molecule has 0 aliphatic heterocycles. The highest BCUT2D eigenvalue weighted by atomic mass is 32.2. The summed E-state index contributed by atoms with van der Waals surface area (Å²) in [5.74, 6) is -0.372. The first kappa shape index (κ1) is 15.9. The largest absolute Gasteiger partial charge is 0.321 e. The highest BCUT2D eigenvalue weighted by Crippen LogP contribution is 2.05. The third-order valence-electron chi connectivity index (χ3n) is 2.85. The second-order valence-electron chi connectivity index (χ2n) is 4.41. The molecule has 0 saturated heterocycles. The van der Waals surface area contributed by atoms with E-state index in [-0.39, 0.29) is 0 Å². The number of benzene rings is 1. The fourth-order valence-corrected chi connectivity index (χ4v) is 2.19. The van der Waals surface area contributed by atoms with Gasteiger partial charge in [0.15, 0.2) is 0 Å². The number of thioether (sulfide) groups is 1. The molecule has 0 bridgehead atoms. The van der Waals surface area contributed by atoms with Crippen LogP contribution in [-0.2, 0) is 16.0 Å². The molecule has 0 heterocycles. The Morgan fingerprint density at radius 2 is 1.68 bits per heavy atom. The van der Waals surface area contributed by atoms with E-state index in [1.54, 1.807) is 11.8 Å². The van der Waals surface area contributed by atoms with Gasteiger partial charge < -0.3 is 11.5 Å². The van der Waals surface area contributed by atoms with Gasteiger partial charge in [-0.05, 0) is 30.4 Å². The zero-order chi connectivity index (χ0) is 14.3.